The maximum absolute atomic E-state index is 13.0. The third-order valence-electron chi connectivity index (χ3n) is 1.94. The molecule has 0 aliphatic carbocycles. The molecular weight excluding hydrogens is 237 g/mol. The lowest BCUT2D eigenvalue weighted by Gasteiger charge is -2.13. The van der Waals surface area contributed by atoms with Crippen molar-refractivity contribution < 1.29 is 22.7 Å². The van der Waals surface area contributed by atoms with E-state index in [-0.39, 0.29) is 4.90 Å². The predicted octanol–water partition coefficient (Wildman–Crippen LogP) is -0.560. The zero-order valence-electron chi connectivity index (χ0n) is 8.60. The molecule has 0 saturated carbocycles. The van der Waals surface area contributed by atoms with E-state index < -0.39 is 27.4 Å². The van der Waals surface area contributed by atoms with Gasteiger partial charge in [-0.2, -0.15) is 0 Å². The van der Waals surface area contributed by atoms with Crippen molar-refractivity contribution in [2.45, 2.75) is 4.90 Å². The molecule has 5 nitrogen and oxygen atoms in total. The number of carbonyl (C=O) groups is 1. The van der Waals surface area contributed by atoms with Gasteiger partial charge in [0, 0.05) is 19.7 Å². The van der Waals surface area contributed by atoms with E-state index in [1.165, 1.54) is 14.1 Å². The molecule has 0 aliphatic rings. The maximum atomic E-state index is 13.0. The molecule has 88 valence electrons. The van der Waals surface area contributed by atoms with Crippen LogP contribution in [0.1, 0.15) is 10.4 Å². The highest BCUT2D eigenvalue weighted by Crippen LogP contribution is 2.17. The number of hydrogen-bond donors (Lipinski definition) is 0. The van der Waals surface area contributed by atoms with E-state index in [0.29, 0.717) is 0 Å². The second-order valence-electron chi connectivity index (χ2n) is 3.22. The highest BCUT2D eigenvalue weighted by molar-refractivity contribution is 7.89. The first-order chi connectivity index (χ1) is 7.26. The molecule has 0 bridgehead atoms. The number of carbonyl (C=O) groups excluding carboxylic acids is 1. The van der Waals surface area contributed by atoms with Gasteiger partial charge in [0.05, 0.1) is 10.9 Å². The van der Waals surface area contributed by atoms with Crippen LogP contribution in [0.5, 0.6) is 0 Å². The van der Waals surface area contributed by atoms with E-state index in [4.69, 9.17) is 0 Å². The Morgan fingerprint density at radius 3 is 2.38 bits per heavy atom. The highest BCUT2D eigenvalue weighted by atomic mass is 32.2. The summed E-state index contributed by atoms with van der Waals surface area (Å²) in [6.45, 7) is 0. The molecule has 0 N–H and O–H groups in total. The molecule has 0 unspecified atom stereocenters. The number of rotatable bonds is 3. The van der Waals surface area contributed by atoms with Crippen molar-refractivity contribution in [2.24, 2.45) is 0 Å². The number of benzene rings is 1. The van der Waals surface area contributed by atoms with Gasteiger partial charge in [-0.25, -0.2) is 17.1 Å². The molecule has 16 heavy (non-hydrogen) atoms. The van der Waals surface area contributed by atoms with Crippen LogP contribution >= 0.6 is 0 Å². The lowest BCUT2D eigenvalue weighted by molar-refractivity contribution is -0.255. The normalized spacial score (nSPS) is 11.8. The average molecular weight is 246 g/mol. The molecule has 0 spiro atoms. The molecule has 7 heteroatoms. The zero-order valence-corrected chi connectivity index (χ0v) is 9.41. The summed E-state index contributed by atoms with van der Waals surface area (Å²) in [5.41, 5.74) is -0.775. The Morgan fingerprint density at radius 2 is 1.94 bits per heavy atom. The molecule has 0 saturated heterocycles. The molecule has 0 heterocycles. The summed E-state index contributed by atoms with van der Waals surface area (Å²) in [5.74, 6) is -2.79. The van der Waals surface area contributed by atoms with Crippen molar-refractivity contribution in [3.05, 3.63) is 29.6 Å². The summed E-state index contributed by atoms with van der Waals surface area (Å²) in [7, 11) is -1.20. The number of nitrogens with zero attached hydrogens (tertiary/aromatic N) is 1. The van der Waals surface area contributed by atoms with Gasteiger partial charge in [0.1, 0.15) is 5.82 Å². The summed E-state index contributed by atoms with van der Waals surface area (Å²) < 4.78 is 37.1. The summed E-state index contributed by atoms with van der Waals surface area (Å²) in [5, 5.41) is 10.5. The number of aromatic carboxylic acids is 1. The van der Waals surface area contributed by atoms with Gasteiger partial charge in [0.15, 0.2) is 0 Å². The van der Waals surface area contributed by atoms with E-state index >= 15 is 0 Å². The number of sulfonamides is 1. The lowest BCUT2D eigenvalue weighted by atomic mass is 10.2. The third-order valence-corrected chi connectivity index (χ3v) is 3.75. The van der Waals surface area contributed by atoms with E-state index in [2.05, 4.69) is 0 Å². The first kappa shape index (κ1) is 12.6. The van der Waals surface area contributed by atoms with Crippen LogP contribution in [0.15, 0.2) is 23.1 Å². The maximum Gasteiger partial charge on any atom is 0.242 e. The Labute approximate surface area is 92.2 Å². The minimum Gasteiger partial charge on any atom is -0.545 e. The molecule has 0 amide bonds. The van der Waals surface area contributed by atoms with E-state index in [1.807, 2.05) is 0 Å². The fourth-order valence-corrected chi connectivity index (χ4v) is 1.96. The van der Waals surface area contributed by atoms with Crippen molar-refractivity contribution in [1.82, 2.24) is 4.31 Å². The van der Waals surface area contributed by atoms with Gasteiger partial charge in [-0.1, -0.05) is 0 Å². The Morgan fingerprint density at radius 1 is 1.38 bits per heavy atom. The monoisotopic (exact) mass is 246 g/mol. The predicted molar refractivity (Wildman–Crippen MR) is 51.6 cm³/mol. The SMILES string of the molecule is CN(C)S(=O)(=O)c1ccc(F)c(C(=O)[O-])c1. The molecule has 1 aromatic carbocycles. The molecule has 0 fully saturated rings. The Kier molecular flexibility index (Phi) is 3.30. The smallest absolute Gasteiger partial charge is 0.242 e. The summed E-state index contributed by atoms with van der Waals surface area (Å²) in [4.78, 5) is 10.2. The number of hydrogen-bond acceptors (Lipinski definition) is 4. The fraction of sp³-hybridized carbons (Fsp3) is 0.222. The summed E-state index contributed by atoms with van der Waals surface area (Å²) in [6, 6.07) is 2.51. The fourth-order valence-electron chi connectivity index (χ4n) is 1.03. The summed E-state index contributed by atoms with van der Waals surface area (Å²) >= 11 is 0. The molecule has 1 aromatic rings. The molecule has 0 atom stereocenters. The van der Waals surface area contributed by atoms with Crippen LogP contribution in [0.3, 0.4) is 0 Å². The van der Waals surface area contributed by atoms with Crippen LogP contribution < -0.4 is 5.11 Å². The molecular formula is C9H9FNO4S-. The second-order valence-corrected chi connectivity index (χ2v) is 5.37. The van der Waals surface area contributed by atoms with Crippen LogP contribution in [0.2, 0.25) is 0 Å². The van der Waals surface area contributed by atoms with Crippen LogP contribution in [0.25, 0.3) is 0 Å². The number of halogens is 1. The molecule has 0 aromatic heterocycles. The van der Waals surface area contributed by atoms with Crippen molar-refractivity contribution in [2.75, 3.05) is 14.1 Å². The first-order valence-corrected chi connectivity index (χ1v) is 5.64. The molecule has 0 radical (unpaired) electrons. The van der Waals surface area contributed by atoms with Gasteiger partial charge in [0.25, 0.3) is 0 Å². The van der Waals surface area contributed by atoms with Gasteiger partial charge in [-0.3, -0.25) is 0 Å². The van der Waals surface area contributed by atoms with Gasteiger partial charge in [-0.15, -0.1) is 0 Å². The standard InChI is InChI=1S/C9H10FNO4S/c1-11(2)16(14,15)6-3-4-8(10)7(5-6)9(12)13/h3-5H,1-2H3,(H,12,13)/p-1. The first-order valence-electron chi connectivity index (χ1n) is 4.20. The zero-order chi connectivity index (χ0) is 12.5. The Balaban J connectivity index is 3.40. The average Bonchev–Trinajstić information content (AvgIpc) is 2.17. The van der Waals surface area contributed by atoms with Crippen LogP contribution in [-0.2, 0) is 10.0 Å². The van der Waals surface area contributed by atoms with Crippen LogP contribution in [0.4, 0.5) is 4.39 Å². The minimum atomic E-state index is -3.77. The number of carboxylic acids is 1. The molecule has 0 aliphatic heterocycles. The van der Waals surface area contributed by atoms with Crippen molar-refractivity contribution in [3.8, 4) is 0 Å². The quantitative estimate of drug-likeness (QED) is 0.716. The van der Waals surface area contributed by atoms with E-state index in [0.717, 1.165) is 22.5 Å². The Bertz CT molecular complexity index is 524. The third kappa shape index (κ3) is 2.20. The minimum absolute atomic E-state index is 0.293. The van der Waals surface area contributed by atoms with Gasteiger partial charge < -0.3 is 9.90 Å². The second kappa shape index (κ2) is 4.18. The molecule has 1 rings (SSSR count). The topological polar surface area (TPSA) is 77.5 Å². The van der Waals surface area contributed by atoms with E-state index in [1.54, 1.807) is 0 Å². The number of carboxylic acid groups (broad SMARTS) is 1. The summed E-state index contributed by atoms with van der Waals surface area (Å²) in [6.07, 6.45) is 0. The van der Waals surface area contributed by atoms with Crippen molar-refractivity contribution in [3.63, 3.8) is 0 Å². The van der Waals surface area contributed by atoms with Crippen LogP contribution in [-0.4, -0.2) is 32.8 Å². The lowest BCUT2D eigenvalue weighted by Crippen LogP contribution is -2.26. The van der Waals surface area contributed by atoms with Crippen molar-refractivity contribution >= 4 is 16.0 Å². The van der Waals surface area contributed by atoms with Crippen LogP contribution in [0, 0.1) is 5.82 Å². The Hall–Kier alpha value is -1.47. The largest absolute Gasteiger partial charge is 0.545 e. The van der Waals surface area contributed by atoms with Crippen molar-refractivity contribution in [1.29, 1.82) is 0 Å². The highest BCUT2D eigenvalue weighted by Gasteiger charge is 2.18. The van der Waals surface area contributed by atoms with E-state index in [9.17, 15) is 22.7 Å². The van der Waals surface area contributed by atoms with Gasteiger partial charge in [-0.05, 0) is 18.2 Å². The van der Waals surface area contributed by atoms with Gasteiger partial charge >= 0.3 is 0 Å². The van der Waals surface area contributed by atoms with Gasteiger partial charge in [0.2, 0.25) is 10.0 Å².